The monoisotopic (exact) mass is 418 g/mol. The quantitative estimate of drug-likeness (QED) is 0.267. The Morgan fingerprint density at radius 1 is 1.26 bits per heavy atom. The van der Waals surface area contributed by atoms with Crippen LogP contribution >= 0.6 is 0 Å². The molecule has 1 aliphatic rings. The minimum absolute atomic E-state index is 0.0428. The minimum Gasteiger partial charge on any atom is -0.872 e. The van der Waals surface area contributed by atoms with Crippen molar-refractivity contribution >= 4 is 17.4 Å². The molecular formula is C23H22N4O4. The van der Waals surface area contributed by atoms with Crippen LogP contribution in [-0.2, 0) is 16.1 Å². The third-order valence-electron chi connectivity index (χ3n) is 5.30. The number of ketones is 1. The maximum atomic E-state index is 13.2. The summed E-state index contributed by atoms with van der Waals surface area (Å²) in [5.74, 6) is -1.30. The number of likely N-dealkylation sites (tertiary alicyclic amines) is 1. The van der Waals surface area contributed by atoms with Crippen LogP contribution in [0.3, 0.4) is 0 Å². The summed E-state index contributed by atoms with van der Waals surface area (Å²) in [5.41, 5.74) is 0.938. The highest BCUT2D eigenvalue weighted by Gasteiger charge is 2.44. The van der Waals surface area contributed by atoms with Gasteiger partial charge in [0.25, 0.3) is 5.91 Å². The standard InChI is InChI=1S/C23H22N4O4/c1-31-18-5-2-4-17(14-18)20-19(21(28)16-6-8-24-9-7-16)22(29)23(30)27(20)12-3-11-26-13-10-25-15-26/h2,4-10,13-15,20H,3,11-12H2,1H3,(H,28,29). The number of nitrogens with zero attached hydrogens (tertiary/aromatic N) is 3. The molecule has 1 saturated heterocycles. The first-order valence-electron chi connectivity index (χ1n) is 9.93. The van der Waals surface area contributed by atoms with E-state index in [1.165, 1.54) is 17.3 Å². The lowest BCUT2D eigenvalue weighted by Gasteiger charge is -2.27. The van der Waals surface area contributed by atoms with Crippen LogP contribution < -0.4 is 14.4 Å². The largest absolute Gasteiger partial charge is 0.872 e. The molecule has 1 aliphatic heterocycles. The molecule has 158 valence electrons. The molecule has 0 spiro atoms. The van der Waals surface area contributed by atoms with Crippen LogP contribution in [0.15, 0.2) is 73.1 Å². The number of carbonyl (C=O) groups is 2. The average molecular weight is 418 g/mol. The van der Waals surface area contributed by atoms with Crippen LogP contribution in [0, 0.1) is 0 Å². The fourth-order valence-corrected chi connectivity index (χ4v) is 3.80. The number of imidazole rings is 1. The Balaban J connectivity index is 1.74. The van der Waals surface area contributed by atoms with Gasteiger partial charge in [0.05, 0.1) is 19.7 Å². The number of hydrogen-bond donors (Lipinski definition) is 1. The topological polar surface area (TPSA) is 102 Å². The van der Waals surface area contributed by atoms with E-state index >= 15 is 0 Å². The van der Waals surface area contributed by atoms with Crippen LogP contribution in [0.5, 0.6) is 5.75 Å². The number of methoxy groups -OCH3 is 1. The van der Waals surface area contributed by atoms with Crippen molar-refractivity contribution in [2.75, 3.05) is 13.7 Å². The van der Waals surface area contributed by atoms with Crippen molar-refractivity contribution in [2.45, 2.75) is 19.0 Å². The van der Waals surface area contributed by atoms with Crippen LogP contribution in [0.4, 0.5) is 0 Å². The number of rotatable bonds is 7. The lowest BCUT2D eigenvalue weighted by molar-refractivity contribution is -0.695. The molecule has 0 saturated carbocycles. The van der Waals surface area contributed by atoms with E-state index in [2.05, 4.69) is 9.97 Å². The highest BCUT2D eigenvalue weighted by Crippen LogP contribution is 2.39. The Bertz CT molecular complexity index is 1110. The number of carbonyl (C=O) groups excluding carboxylic acids is 2. The minimum atomic E-state index is -0.771. The number of aromatic nitrogens is 3. The molecule has 1 N–H and O–H groups in total. The third kappa shape index (κ3) is 4.05. The summed E-state index contributed by atoms with van der Waals surface area (Å²) in [6.07, 6.45) is 9.12. The fraction of sp³-hybridized carbons (Fsp3) is 0.217. The molecular weight excluding hydrogens is 396 g/mol. The van der Waals surface area contributed by atoms with Gasteiger partial charge in [0.2, 0.25) is 12.1 Å². The highest BCUT2D eigenvalue weighted by atomic mass is 16.5. The molecule has 1 aromatic carbocycles. The maximum absolute atomic E-state index is 13.2. The summed E-state index contributed by atoms with van der Waals surface area (Å²) in [4.78, 5) is 34.3. The number of hydrogen-bond acceptors (Lipinski definition) is 5. The highest BCUT2D eigenvalue weighted by molar-refractivity contribution is 6.46. The van der Waals surface area contributed by atoms with E-state index in [9.17, 15) is 14.7 Å². The van der Waals surface area contributed by atoms with Crippen molar-refractivity contribution in [1.82, 2.24) is 14.9 Å². The van der Waals surface area contributed by atoms with E-state index < -0.39 is 23.5 Å². The molecule has 3 aromatic rings. The van der Waals surface area contributed by atoms with Gasteiger partial charge in [-0.3, -0.25) is 19.6 Å². The first kappa shape index (κ1) is 20.3. The predicted octanol–water partition coefficient (Wildman–Crippen LogP) is 1.02. The number of aryl methyl sites for hydroxylation is 1. The third-order valence-corrected chi connectivity index (χ3v) is 5.30. The van der Waals surface area contributed by atoms with Gasteiger partial charge in [0.15, 0.2) is 0 Å². The molecule has 0 aliphatic carbocycles. The van der Waals surface area contributed by atoms with Gasteiger partial charge in [0, 0.05) is 30.9 Å². The Kier molecular flexibility index (Phi) is 5.79. The number of Topliss-reactive ketones (excluding diaryl/α,β-unsaturated/α-hetero) is 1. The van der Waals surface area contributed by atoms with Crippen molar-refractivity contribution < 1.29 is 24.0 Å². The van der Waals surface area contributed by atoms with Gasteiger partial charge in [-0.1, -0.05) is 17.9 Å². The van der Waals surface area contributed by atoms with Gasteiger partial charge in [-0.05, 0) is 35.4 Å². The van der Waals surface area contributed by atoms with E-state index in [-0.39, 0.29) is 5.57 Å². The predicted molar refractivity (Wildman–Crippen MR) is 109 cm³/mol. The second kappa shape index (κ2) is 8.83. The molecule has 8 nitrogen and oxygen atoms in total. The molecule has 1 unspecified atom stereocenters. The number of amides is 1. The molecule has 8 heteroatoms. The zero-order valence-electron chi connectivity index (χ0n) is 17.0. The van der Waals surface area contributed by atoms with Crippen molar-refractivity contribution in [3.63, 3.8) is 0 Å². The summed E-state index contributed by atoms with van der Waals surface area (Å²) >= 11 is 0. The smallest absolute Gasteiger partial charge is 0.295 e. The Hall–Kier alpha value is -3.94. The molecule has 0 radical (unpaired) electrons. The summed E-state index contributed by atoms with van der Waals surface area (Å²) < 4.78 is 7.27. The lowest BCUT2D eigenvalue weighted by Crippen LogP contribution is -2.36. The lowest BCUT2D eigenvalue weighted by atomic mass is 9.95. The number of ether oxygens (including phenoxy) is 1. The second-order valence-electron chi connectivity index (χ2n) is 7.19. The zero-order valence-corrected chi connectivity index (χ0v) is 17.0. The van der Waals surface area contributed by atoms with E-state index in [1.54, 1.807) is 43.5 Å². The molecule has 3 heterocycles. The van der Waals surface area contributed by atoms with E-state index in [4.69, 9.17) is 4.74 Å². The van der Waals surface area contributed by atoms with Crippen molar-refractivity contribution in [2.24, 2.45) is 0 Å². The molecule has 1 atom stereocenters. The SMILES string of the molecule is COc1cccc(C2C(=C([O-])c3ccncc3)C(=O)C(=O)N2CCC[n+]2cc[nH]c2)c1. The molecule has 1 fully saturated rings. The summed E-state index contributed by atoms with van der Waals surface area (Å²) in [7, 11) is 1.54. The average Bonchev–Trinajstić information content (AvgIpc) is 3.41. The van der Waals surface area contributed by atoms with Gasteiger partial charge in [-0.15, -0.1) is 0 Å². The van der Waals surface area contributed by atoms with E-state index in [0.717, 1.165) is 0 Å². The van der Waals surface area contributed by atoms with Crippen LogP contribution in [0.25, 0.3) is 5.76 Å². The first-order chi connectivity index (χ1) is 15.1. The number of aromatic amines is 1. The van der Waals surface area contributed by atoms with Crippen LogP contribution in [-0.4, -0.2) is 40.2 Å². The van der Waals surface area contributed by atoms with Crippen molar-refractivity contribution in [3.05, 3.63) is 84.2 Å². The van der Waals surface area contributed by atoms with Crippen molar-refractivity contribution in [1.29, 1.82) is 0 Å². The molecule has 1 amide bonds. The normalized spacial score (nSPS) is 17.8. The van der Waals surface area contributed by atoms with Crippen LogP contribution in [0.2, 0.25) is 0 Å². The number of H-pyrrole nitrogens is 1. The summed E-state index contributed by atoms with van der Waals surface area (Å²) in [5, 5.41) is 13.2. The first-order valence-corrected chi connectivity index (χ1v) is 9.93. The van der Waals surface area contributed by atoms with Gasteiger partial charge in [-0.2, -0.15) is 0 Å². The van der Waals surface area contributed by atoms with Gasteiger partial charge in [0.1, 0.15) is 18.1 Å². The Morgan fingerprint density at radius 3 is 2.77 bits per heavy atom. The van der Waals surface area contributed by atoms with Crippen molar-refractivity contribution in [3.8, 4) is 5.75 Å². The number of nitrogens with one attached hydrogen (secondary N) is 1. The van der Waals surface area contributed by atoms with Gasteiger partial charge < -0.3 is 14.7 Å². The molecule has 31 heavy (non-hydrogen) atoms. The van der Waals surface area contributed by atoms with Gasteiger partial charge >= 0.3 is 0 Å². The summed E-state index contributed by atoms with van der Waals surface area (Å²) in [6, 6.07) is 9.43. The van der Waals surface area contributed by atoms with Crippen LogP contribution in [0.1, 0.15) is 23.6 Å². The number of pyridine rings is 1. The maximum Gasteiger partial charge on any atom is 0.295 e. The van der Waals surface area contributed by atoms with E-state index in [1.807, 2.05) is 23.3 Å². The molecule has 4 rings (SSSR count). The Labute approximate surface area is 179 Å². The fourth-order valence-electron chi connectivity index (χ4n) is 3.80. The number of benzene rings is 1. The molecule has 0 bridgehead atoms. The zero-order chi connectivity index (χ0) is 21.8. The van der Waals surface area contributed by atoms with E-state index in [0.29, 0.717) is 36.4 Å². The Morgan fingerprint density at radius 2 is 2.06 bits per heavy atom. The molecule has 2 aromatic heterocycles. The second-order valence-corrected chi connectivity index (χ2v) is 7.19. The van der Waals surface area contributed by atoms with Gasteiger partial charge in [-0.25, -0.2) is 4.57 Å². The summed E-state index contributed by atoms with van der Waals surface area (Å²) in [6.45, 7) is 0.998.